The summed E-state index contributed by atoms with van der Waals surface area (Å²) in [6.07, 6.45) is 3.55. The third-order valence-corrected chi connectivity index (χ3v) is 7.52. The van der Waals surface area contributed by atoms with Crippen LogP contribution < -0.4 is 5.32 Å². The second kappa shape index (κ2) is 7.32. The number of likely N-dealkylation sites (N-methyl/N-ethyl adjacent to an activating group) is 1. The molecule has 21 heavy (non-hydrogen) atoms. The molecule has 0 saturated heterocycles. The first kappa shape index (κ1) is 15.6. The van der Waals surface area contributed by atoms with Gasteiger partial charge in [-0.1, -0.05) is 13.8 Å². The molecule has 3 heterocycles. The van der Waals surface area contributed by atoms with Crippen molar-refractivity contribution in [2.45, 2.75) is 44.9 Å². The van der Waals surface area contributed by atoms with Gasteiger partial charge < -0.3 is 5.32 Å². The van der Waals surface area contributed by atoms with E-state index in [-0.39, 0.29) is 0 Å². The predicted molar refractivity (Wildman–Crippen MR) is 98.0 cm³/mol. The minimum absolute atomic E-state index is 0.485. The van der Waals surface area contributed by atoms with Gasteiger partial charge in [0, 0.05) is 37.7 Å². The Morgan fingerprint density at radius 3 is 2.76 bits per heavy atom. The highest BCUT2D eigenvalue weighted by Crippen LogP contribution is 2.36. The van der Waals surface area contributed by atoms with E-state index in [2.05, 4.69) is 49.1 Å². The molecule has 2 aromatic heterocycles. The summed E-state index contributed by atoms with van der Waals surface area (Å²) in [6.45, 7) is 5.48. The first-order chi connectivity index (χ1) is 10.3. The van der Waals surface area contributed by atoms with E-state index in [1.165, 1.54) is 32.6 Å². The molecule has 1 unspecified atom stereocenters. The van der Waals surface area contributed by atoms with E-state index in [1.807, 2.05) is 22.7 Å². The van der Waals surface area contributed by atoms with E-state index in [9.17, 15) is 0 Å². The van der Waals surface area contributed by atoms with Crippen molar-refractivity contribution in [2.24, 2.45) is 0 Å². The van der Waals surface area contributed by atoms with E-state index in [4.69, 9.17) is 0 Å². The van der Waals surface area contributed by atoms with Gasteiger partial charge in [0.15, 0.2) is 0 Å². The highest BCUT2D eigenvalue weighted by Gasteiger charge is 2.19. The van der Waals surface area contributed by atoms with Crippen molar-refractivity contribution in [3.05, 3.63) is 43.3 Å². The third-order valence-electron chi connectivity index (χ3n) is 3.91. The van der Waals surface area contributed by atoms with Gasteiger partial charge in [0.2, 0.25) is 0 Å². The van der Waals surface area contributed by atoms with Crippen molar-refractivity contribution in [3.8, 4) is 0 Å². The van der Waals surface area contributed by atoms with Gasteiger partial charge in [0.25, 0.3) is 0 Å². The summed E-state index contributed by atoms with van der Waals surface area (Å²) in [4.78, 5) is 6.18. The molecule has 1 aliphatic rings. The molecule has 0 radical (unpaired) electrons. The molecule has 4 heteroatoms. The zero-order valence-electron chi connectivity index (χ0n) is 12.8. The molecule has 0 saturated carbocycles. The molecule has 1 nitrogen and oxygen atoms in total. The summed E-state index contributed by atoms with van der Waals surface area (Å²) in [6, 6.07) is 7.56. The molecule has 3 rings (SSSR count). The maximum Gasteiger partial charge on any atom is 0.0463 e. The molecule has 0 amide bonds. The zero-order chi connectivity index (χ0) is 14.7. The molecule has 0 spiro atoms. The van der Waals surface area contributed by atoms with E-state index in [0.717, 1.165) is 19.4 Å². The summed E-state index contributed by atoms with van der Waals surface area (Å²) in [5.41, 5.74) is 1.59. The first-order valence-electron chi connectivity index (χ1n) is 7.80. The predicted octanol–water partition coefficient (Wildman–Crippen LogP) is 5.05. The fourth-order valence-electron chi connectivity index (χ4n) is 2.78. The van der Waals surface area contributed by atoms with Crippen LogP contribution in [-0.2, 0) is 25.0 Å². The van der Waals surface area contributed by atoms with Crippen molar-refractivity contribution < 1.29 is 0 Å². The van der Waals surface area contributed by atoms with Crippen molar-refractivity contribution in [1.29, 1.82) is 0 Å². The maximum atomic E-state index is 3.69. The Balaban J connectivity index is 1.78. The largest absolute Gasteiger partial charge is 0.309 e. The molecule has 2 aromatic rings. The molecule has 0 aromatic carbocycles. The lowest BCUT2D eigenvalue weighted by molar-refractivity contribution is 0.561. The summed E-state index contributed by atoms with van der Waals surface area (Å²) in [5, 5.41) is 3.69. The number of rotatable bonds is 6. The van der Waals surface area contributed by atoms with Crippen molar-refractivity contribution in [3.63, 3.8) is 0 Å². The van der Waals surface area contributed by atoms with Crippen LogP contribution in [0.5, 0.6) is 0 Å². The van der Waals surface area contributed by atoms with Crippen LogP contribution in [0.2, 0.25) is 0 Å². The molecule has 0 aliphatic carbocycles. The zero-order valence-corrected chi connectivity index (χ0v) is 15.2. The molecule has 0 bridgehead atoms. The van der Waals surface area contributed by atoms with E-state index in [1.54, 1.807) is 10.4 Å². The topological polar surface area (TPSA) is 12.0 Å². The van der Waals surface area contributed by atoms with E-state index >= 15 is 0 Å². The quantitative estimate of drug-likeness (QED) is 0.791. The van der Waals surface area contributed by atoms with Crippen LogP contribution in [0.4, 0.5) is 0 Å². The van der Waals surface area contributed by atoms with Gasteiger partial charge in [-0.2, -0.15) is 11.8 Å². The number of nitrogens with one attached hydrogen (secondary N) is 1. The third kappa shape index (κ3) is 3.73. The lowest BCUT2D eigenvalue weighted by Gasteiger charge is -2.15. The Hall–Kier alpha value is -0.290. The summed E-state index contributed by atoms with van der Waals surface area (Å²) in [5.74, 6) is 2.51. The van der Waals surface area contributed by atoms with Gasteiger partial charge in [-0.15, -0.1) is 22.7 Å². The molecule has 1 atom stereocenters. The summed E-state index contributed by atoms with van der Waals surface area (Å²) in [7, 11) is 0. The highest BCUT2D eigenvalue weighted by molar-refractivity contribution is 7.98. The van der Waals surface area contributed by atoms with Gasteiger partial charge in [-0.05, 0) is 48.9 Å². The number of fused-ring (bicyclic) bond motifs is 1. The Kier molecular flexibility index (Phi) is 5.43. The van der Waals surface area contributed by atoms with E-state index in [0.29, 0.717) is 6.04 Å². The minimum Gasteiger partial charge on any atom is -0.309 e. The first-order valence-corrected chi connectivity index (χ1v) is 10.6. The Morgan fingerprint density at radius 2 is 2.05 bits per heavy atom. The number of aryl methyl sites for hydroxylation is 2. The lowest BCUT2D eigenvalue weighted by Crippen LogP contribution is -2.21. The Morgan fingerprint density at radius 1 is 1.19 bits per heavy atom. The Labute approximate surface area is 140 Å². The molecule has 1 N–H and O–H groups in total. The molecule has 114 valence electrons. The summed E-state index contributed by atoms with van der Waals surface area (Å²) >= 11 is 6.10. The van der Waals surface area contributed by atoms with Gasteiger partial charge in [0.05, 0.1) is 0 Å². The SMILES string of the molecule is CCNC(Cc1ccc(CC)s1)c1cc2c(s1)CCSC2. The smallest absolute Gasteiger partial charge is 0.0463 e. The van der Waals surface area contributed by atoms with Crippen LogP contribution in [0.1, 0.15) is 45.0 Å². The second-order valence-corrected chi connectivity index (χ2v) is 8.96. The van der Waals surface area contributed by atoms with Gasteiger partial charge in [0.1, 0.15) is 0 Å². The fraction of sp³-hybridized carbons (Fsp3) is 0.529. The van der Waals surface area contributed by atoms with Gasteiger partial charge in [-0.25, -0.2) is 0 Å². The average molecular weight is 338 g/mol. The van der Waals surface area contributed by atoms with Crippen LogP contribution in [0.25, 0.3) is 0 Å². The van der Waals surface area contributed by atoms with E-state index < -0.39 is 0 Å². The number of thioether (sulfide) groups is 1. The van der Waals surface area contributed by atoms with Crippen LogP contribution in [0.15, 0.2) is 18.2 Å². The standard InChI is InChI=1S/C17H23NS3/c1-3-13-5-6-14(20-13)10-15(18-4-2)17-9-12-11-19-8-7-16(12)21-17/h5-6,9,15,18H,3-4,7-8,10-11H2,1-2H3. The monoisotopic (exact) mass is 337 g/mol. The van der Waals surface area contributed by atoms with Crippen LogP contribution in [0, 0.1) is 0 Å². The fourth-order valence-corrected chi connectivity index (χ4v) is 6.24. The molecular weight excluding hydrogens is 314 g/mol. The van der Waals surface area contributed by atoms with Crippen molar-refractivity contribution in [1.82, 2.24) is 5.32 Å². The van der Waals surface area contributed by atoms with Gasteiger partial charge >= 0.3 is 0 Å². The van der Waals surface area contributed by atoms with Crippen LogP contribution >= 0.6 is 34.4 Å². The Bertz CT molecular complexity index is 561. The lowest BCUT2D eigenvalue weighted by atomic mass is 10.1. The number of hydrogen-bond acceptors (Lipinski definition) is 4. The number of hydrogen-bond donors (Lipinski definition) is 1. The minimum atomic E-state index is 0.485. The highest BCUT2D eigenvalue weighted by atomic mass is 32.2. The summed E-state index contributed by atoms with van der Waals surface area (Å²) < 4.78 is 0. The average Bonchev–Trinajstić information content (AvgIpc) is 3.12. The normalized spacial score (nSPS) is 15.9. The molecule has 0 fully saturated rings. The number of thiophene rings is 2. The van der Waals surface area contributed by atoms with Crippen LogP contribution in [-0.4, -0.2) is 12.3 Å². The van der Waals surface area contributed by atoms with Gasteiger partial charge in [-0.3, -0.25) is 0 Å². The van der Waals surface area contributed by atoms with Crippen molar-refractivity contribution in [2.75, 3.05) is 12.3 Å². The molecule has 1 aliphatic heterocycles. The maximum absolute atomic E-state index is 3.69. The molecular formula is C17H23NS3. The van der Waals surface area contributed by atoms with Crippen LogP contribution in [0.3, 0.4) is 0 Å². The van der Waals surface area contributed by atoms with Crippen molar-refractivity contribution >= 4 is 34.4 Å². The second-order valence-electron chi connectivity index (χ2n) is 5.44.